The summed E-state index contributed by atoms with van der Waals surface area (Å²) in [5.41, 5.74) is 6.88. The molecule has 0 heterocycles. The van der Waals surface area contributed by atoms with E-state index in [4.69, 9.17) is 19.9 Å². The van der Waals surface area contributed by atoms with Crippen LogP contribution in [0.25, 0.3) is 0 Å². The fourth-order valence-corrected chi connectivity index (χ4v) is 2.24. The number of aliphatic hydroxyl groups is 1. The molecule has 120 valence electrons. The molecule has 0 unspecified atom stereocenters. The van der Waals surface area contributed by atoms with Crippen LogP contribution in [0.5, 0.6) is 17.2 Å². The van der Waals surface area contributed by atoms with Crippen LogP contribution in [0.15, 0.2) is 12.1 Å². The fourth-order valence-electron chi connectivity index (χ4n) is 2.24. The lowest BCUT2D eigenvalue weighted by molar-refractivity contribution is 0.125. The molecule has 0 aliphatic carbocycles. The highest BCUT2D eigenvalue weighted by Crippen LogP contribution is 2.39. The summed E-state index contributed by atoms with van der Waals surface area (Å²) in [5, 5.41) is 10.3. The summed E-state index contributed by atoms with van der Waals surface area (Å²) in [6, 6.07) is 2.92. The molecule has 0 aliphatic rings. The molecule has 0 amide bonds. The summed E-state index contributed by atoms with van der Waals surface area (Å²) >= 11 is 0. The SMILES string of the molecule is COc1cc(OC)c([C@@H](N)[C@@H](O)CCC(C)C)c(OC)c1. The highest BCUT2D eigenvalue weighted by Gasteiger charge is 2.25. The van der Waals surface area contributed by atoms with Crippen LogP contribution in [0, 0.1) is 5.92 Å². The summed E-state index contributed by atoms with van der Waals surface area (Å²) < 4.78 is 16.0. The molecule has 0 spiro atoms. The van der Waals surface area contributed by atoms with Gasteiger partial charge in [0.05, 0.1) is 39.0 Å². The maximum atomic E-state index is 10.3. The average Bonchev–Trinajstić information content (AvgIpc) is 2.50. The molecule has 0 saturated carbocycles. The third-order valence-corrected chi connectivity index (χ3v) is 3.54. The Bertz CT molecular complexity index is 423. The monoisotopic (exact) mass is 297 g/mol. The molecule has 0 saturated heterocycles. The van der Waals surface area contributed by atoms with Gasteiger partial charge in [0, 0.05) is 12.1 Å². The lowest BCUT2D eigenvalue weighted by Gasteiger charge is -2.24. The largest absolute Gasteiger partial charge is 0.496 e. The van der Waals surface area contributed by atoms with Crippen LogP contribution in [0.1, 0.15) is 38.3 Å². The van der Waals surface area contributed by atoms with E-state index in [0.717, 1.165) is 6.42 Å². The van der Waals surface area contributed by atoms with Gasteiger partial charge in [-0.15, -0.1) is 0 Å². The Labute approximate surface area is 127 Å². The van der Waals surface area contributed by atoms with Gasteiger partial charge < -0.3 is 25.1 Å². The smallest absolute Gasteiger partial charge is 0.131 e. The molecule has 2 atom stereocenters. The number of rotatable bonds is 8. The highest BCUT2D eigenvalue weighted by atomic mass is 16.5. The zero-order valence-electron chi connectivity index (χ0n) is 13.6. The quantitative estimate of drug-likeness (QED) is 0.771. The third-order valence-electron chi connectivity index (χ3n) is 3.54. The lowest BCUT2D eigenvalue weighted by atomic mass is 9.94. The van der Waals surface area contributed by atoms with Crippen LogP contribution >= 0.6 is 0 Å². The number of ether oxygens (including phenoxy) is 3. The predicted octanol–water partition coefficient (Wildman–Crippen LogP) is 2.51. The maximum Gasteiger partial charge on any atom is 0.131 e. The zero-order chi connectivity index (χ0) is 16.0. The number of aliphatic hydroxyl groups excluding tert-OH is 1. The standard InChI is InChI=1S/C16H27NO4/c1-10(2)6-7-12(18)16(17)15-13(20-4)8-11(19-3)9-14(15)21-5/h8-10,12,16,18H,6-7,17H2,1-5H3/t12-,16-/m0/s1. The first-order chi connectivity index (χ1) is 9.94. The Balaban J connectivity index is 3.08. The van der Waals surface area contributed by atoms with Gasteiger partial charge >= 0.3 is 0 Å². The first-order valence-electron chi connectivity index (χ1n) is 7.18. The molecule has 1 rings (SSSR count). The fraction of sp³-hybridized carbons (Fsp3) is 0.625. The van der Waals surface area contributed by atoms with Gasteiger partial charge in [-0.2, -0.15) is 0 Å². The number of hydrogen-bond acceptors (Lipinski definition) is 5. The Morgan fingerprint density at radius 1 is 1.00 bits per heavy atom. The molecular formula is C16H27NO4. The van der Waals surface area contributed by atoms with Gasteiger partial charge in [0.25, 0.3) is 0 Å². The predicted molar refractivity (Wildman–Crippen MR) is 83.1 cm³/mol. The molecule has 21 heavy (non-hydrogen) atoms. The lowest BCUT2D eigenvalue weighted by Crippen LogP contribution is -2.27. The molecular weight excluding hydrogens is 270 g/mol. The number of methoxy groups -OCH3 is 3. The first-order valence-corrected chi connectivity index (χ1v) is 7.18. The number of hydrogen-bond donors (Lipinski definition) is 2. The molecule has 0 aliphatic heterocycles. The van der Waals surface area contributed by atoms with E-state index < -0.39 is 12.1 Å². The Kier molecular flexibility index (Phi) is 6.78. The van der Waals surface area contributed by atoms with Crippen molar-refractivity contribution >= 4 is 0 Å². The topological polar surface area (TPSA) is 73.9 Å². The van der Waals surface area contributed by atoms with Gasteiger partial charge in [-0.05, 0) is 18.8 Å². The van der Waals surface area contributed by atoms with Crippen LogP contribution in [-0.2, 0) is 0 Å². The van der Waals surface area contributed by atoms with Crippen LogP contribution in [-0.4, -0.2) is 32.5 Å². The second-order valence-electron chi connectivity index (χ2n) is 5.51. The molecule has 1 aromatic rings. The summed E-state index contributed by atoms with van der Waals surface area (Å²) in [7, 11) is 4.70. The van der Waals surface area contributed by atoms with Crippen LogP contribution in [0.4, 0.5) is 0 Å². The van der Waals surface area contributed by atoms with E-state index >= 15 is 0 Å². The summed E-state index contributed by atoms with van der Waals surface area (Å²) in [4.78, 5) is 0. The minimum Gasteiger partial charge on any atom is -0.496 e. The summed E-state index contributed by atoms with van der Waals surface area (Å²) in [5.74, 6) is 2.26. The van der Waals surface area contributed by atoms with E-state index in [1.165, 1.54) is 0 Å². The van der Waals surface area contributed by atoms with Crippen molar-refractivity contribution in [3.8, 4) is 17.2 Å². The van der Waals surface area contributed by atoms with Crippen molar-refractivity contribution < 1.29 is 19.3 Å². The maximum absolute atomic E-state index is 10.3. The van der Waals surface area contributed by atoms with E-state index in [9.17, 15) is 5.11 Å². The second kappa shape index (κ2) is 8.10. The molecule has 5 heteroatoms. The Morgan fingerprint density at radius 2 is 1.52 bits per heavy atom. The van der Waals surface area contributed by atoms with Gasteiger partial charge in [0.2, 0.25) is 0 Å². The van der Waals surface area contributed by atoms with Gasteiger partial charge in [0.1, 0.15) is 17.2 Å². The normalized spacial score (nSPS) is 13.9. The van der Waals surface area contributed by atoms with Crippen molar-refractivity contribution in [1.82, 2.24) is 0 Å². The van der Waals surface area contributed by atoms with Gasteiger partial charge in [-0.1, -0.05) is 13.8 Å². The zero-order valence-corrected chi connectivity index (χ0v) is 13.6. The minimum atomic E-state index is -0.649. The van der Waals surface area contributed by atoms with Crippen molar-refractivity contribution in [2.24, 2.45) is 11.7 Å². The van der Waals surface area contributed by atoms with Crippen LogP contribution in [0.3, 0.4) is 0 Å². The number of benzene rings is 1. The van der Waals surface area contributed by atoms with Crippen LogP contribution < -0.4 is 19.9 Å². The van der Waals surface area contributed by atoms with Gasteiger partial charge in [0.15, 0.2) is 0 Å². The Hall–Kier alpha value is -1.46. The number of nitrogens with two attached hydrogens (primary N) is 1. The summed E-state index contributed by atoms with van der Waals surface area (Å²) in [6.07, 6.45) is 0.899. The van der Waals surface area contributed by atoms with Gasteiger partial charge in [-0.25, -0.2) is 0 Å². The minimum absolute atomic E-state index is 0.520. The average molecular weight is 297 g/mol. The van der Waals surface area contributed by atoms with Crippen LogP contribution in [0.2, 0.25) is 0 Å². The molecule has 5 nitrogen and oxygen atoms in total. The highest BCUT2D eigenvalue weighted by molar-refractivity contribution is 5.52. The van der Waals surface area contributed by atoms with E-state index in [2.05, 4.69) is 13.8 Å². The molecule has 3 N–H and O–H groups in total. The molecule has 1 aromatic carbocycles. The molecule has 0 bridgehead atoms. The van der Waals surface area contributed by atoms with Crippen molar-refractivity contribution in [2.45, 2.75) is 38.8 Å². The Morgan fingerprint density at radius 3 is 1.90 bits per heavy atom. The third kappa shape index (κ3) is 4.51. The van der Waals surface area contributed by atoms with Crippen molar-refractivity contribution in [3.05, 3.63) is 17.7 Å². The molecule has 0 fully saturated rings. The summed E-state index contributed by atoms with van der Waals surface area (Å²) in [6.45, 7) is 4.24. The molecule has 0 radical (unpaired) electrons. The van der Waals surface area contributed by atoms with E-state index in [1.54, 1.807) is 33.5 Å². The van der Waals surface area contributed by atoms with E-state index in [1.807, 2.05) is 0 Å². The molecule has 0 aromatic heterocycles. The second-order valence-corrected chi connectivity index (χ2v) is 5.51. The van der Waals surface area contributed by atoms with Crippen molar-refractivity contribution in [2.75, 3.05) is 21.3 Å². The first kappa shape index (κ1) is 17.6. The van der Waals surface area contributed by atoms with Crippen molar-refractivity contribution in [3.63, 3.8) is 0 Å². The van der Waals surface area contributed by atoms with E-state index in [-0.39, 0.29) is 0 Å². The van der Waals surface area contributed by atoms with Crippen molar-refractivity contribution in [1.29, 1.82) is 0 Å². The van der Waals surface area contributed by atoms with E-state index in [0.29, 0.717) is 35.2 Å². The van der Waals surface area contributed by atoms with Gasteiger partial charge in [-0.3, -0.25) is 0 Å².